The first kappa shape index (κ1) is 13.3. The smallest absolute Gasteiger partial charge is 0.265 e. The second-order valence-corrected chi connectivity index (χ2v) is 4.43. The number of hydrogen-bond acceptors (Lipinski definition) is 2. The molecule has 100 valence electrons. The maximum absolute atomic E-state index is 12.9. The van der Waals surface area contributed by atoms with Gasteiger partial charge in [0.2, 0.25) is 0 Å². The van der Waals surface area contributed by atoms with Crippen molar-refractivity contribution in [3.8, 4) is 0 Å². The van der Waals surface area contributed by atoms with E-state index in [1.807, 2.05) is 31.2 Å². The number of rotatable bonds is 4. The summed E-state index contributed by atoms with van der Waals surface area (Å²) in [6.45, 7) is 2.50. The van der Waals surface area contributed by atoms with Gasteiger partial charge in [-0.1, -0.05) is 24.3 Å². The van der Waals surface area contributed by atoms with Gasteiger partial charge in [0.1, 0.15) is 0 Å². The SMILES string of the molecule is Cc1ccccc1CNc1ccc(N)cc1C(F)F. The van der Waals surface area contributed by atoms with Crippen LogP contribution in [-0.4, -0.2) is 0 Å². The lowest BCUT2D eigenvalue weighted by atomic mass is 10.1. The van der Waals surface area contributed by atoms with Crippen LogP contribution in [0.2, 0.25) is 0 Å². The van der Waals surface area contributed by atoms with E-state index in [4.69, 9.17) is 5.73 Å². The Morgan fingerprint density at radius 2 is 1.89 bits per heavy atom. The highest BCUT2D eigenvalue weighted by atomic mass is 19.3. The topological polar surface area (TPSA) is 38.0 Å². The number of aryl methyl sites for hydroxylation is 1. The van der Waals surface area contributed by atoms with E-state index in [1.54, 1.807) is 12.1 Å². The van der Waals surface area contributed by atoms with Crippen molar-refractivity contribution in [2.75, 3.05) is 11.1 Å². The Morgan fingerprint density at radius 1 is 1.16 bits per heavy atom. The normalized spacial score (nSPS) is 10.7. The molecule has 2 aromatic carbocycles. The second kappa shape index (κ2) is 5.69. The monoisotopic (exact) mass is 262 g/mol. The van der Waals surface area contributed by atoms with Gasteiger partial charge in [0, 0.05) is 23.5 Å². The lowest BCUT2D eigenvalue weighted by molar-refractivity contribution is 0.152. The van der Waals surface area contributed by atoms with E-state index in [9.17, 15) is 8.78 Å². The highest BCUT2D eigenvalue weighted by Crippen LogP contribution is 2.29. The Kier molecular flexibility index (Phi) is 4.00. The summed E-state index contributed by atoms with van der Waals surface area (Å²) in [6, 6.07) is 12.4. The minimum absolute atomic E-state index is 0.0615. The Balaban J connectivity index is 2.18. The molecule has 4 heteroatoms. The third-order valence-corrected chi connectivity index (χ3v) is 3.04. The van der Waals surface area contributed by atoms with Gasteiger partial charge in [0.25, 0.3) is 6.43 Å². The maximum Gasteiger partial charge on any atom is 0.265 e. The molecule has 0 atom stereocenters. The minimum atomic E-state index is -2.54. The molecule has 0 aromatic heterocycles. The first-order valence-electron chi connectivity index (χ1n) is 6.04. The molecule has 0 radical (unpaired) electrons. The highest BCUT2D eigenvalue weighted by Gasteiger charge is 2.13. The molecule has 0 saturated heterocycles. The molecule has 2 aromatic rings. The lowest BCUT2D eigenvalue weighted by Gasteiger charge is -2.13. The maximum atomic E-state index is 12.9. The van der Waals surface area contributed by atoms with Crippen molar-refractivity contribution in [3.05, 3.63) is 59.2 Å². The van der Waals surface area contributed by atoms with Crippen LogP contribution in [0.1, 0.15) is 23.1 Å². The number of alkyl halides is 2. The largest absolute Gasteiger partial charge is 0.399 e. The zero-order chi connectivity index (χ0) is 13.8. The van der Waals surface area contributed by atoms with E-state index in [2.05, 4.69) is 5.32 Å². The van der Waals surface area contributed by atoms with E-state index in [0.29, 0.717) is 17.9 Å². The van der Waals surface area contributed by atoms with Crippen LogP contribution in [0.25, 0.3) is 0 Å². The molecule has 0 aliphatic heterocycles. The second-order valence-electron chi connectivity index (χ2n) is 4.43. The fourth-order valence-corrected chi connectivity index (χ4v) is 1.92. The minimum Gasteiger partial charge on any atom is -0.399 e. The van der Waals surface area contributed by atoms with Crippen LogP contribution in [0.5, 0.6) is 0 Å². The predicted octanol–water partition coefficient (Wildman–Crippen LogP) is 4.13. The van der Waals surface area contributed by atoms with Gasteiger partial charge in [0.15, 0.2) is 0 Å². The number of nitrogen functional groups attached to an aromatic ring is 1. The van der Waals surface area contributed by atoms with Gasteiger partial charge < -0.3 is 11.1 Å². The third kappa shape index (κ3) is 3.22. The number of nitrogens with two attached hydrogens (primary N) is 1. The summed E-state index contributed by atoms with van der Waals surface area (Å²) in [4.78, 5) is 0. The number of nitrogens with one attached hydrogen (secondary N) is 1. The van der Waals surface area contributed by atoms with E-state index in [0.717, 1.165) is 11.1 Å². The molecule has 0 amide bonds. The van der Waals surface area contributed by atoms with Gasteiger partial charge in [0.05, 0.1) is 0 Å². The zero-order valence-electron chi connectivity index (χ0n) is 10.7. The summed E-state index contributed by atoms with van der Waals surface area (Å²) in [5.74, 6) is 0. The van der Waals surface area contributed by atoms with E-state index in [1.165, 1.54) is 6.07 Å². The van der Waals surface area contributed by atoms with Gasteiger partial charge in [-0.2, -0.15) is 0 Å². The van der Waals surface area contributed by atoms with Gasteiger partial charge in [-0.25, -0.2) is 8.78 Å². The molecule has 0 spiro atoms. The van der Waals surface area contributed by atoms with Crippen LogP contribution in [-0.2, 0) is 6.54 Å². The van der Waals surface area contributed by atoms with Gasteiger partial charge in [-0.15, -0.1) is 0 Å². The molecule has 0 fully saturated rings. The van der Waals surface area contributed by atoms with Gasteiger partial charge >= 0.3 is 0 Å². The van der Waals surface area contributed by atoms with Crippen molar-refractivity contribution in [2.45, 2.75) is 19.9 Å². The molecule has 0 bridgehead atoms. The van der Waals surface area contributed by atoms with Crippen molar-refractivity contribution in [2.24, 2.45) is 0 Å². The van der Waals surface area contributed by atoms with Crippen molar-refractivity contribution in [3.63, 3.8) is 0 Å². The van der Waals surface area contributed by atoms with Gasteiger partial charge in [-0.05, 0) is 36.2 Å². The Labute approximate surface area is 111 Å². The molecule has 19 heavy (non-hydrogen) atoms. The van der Waals surface area contributed by atoms with E-state index in [-0.39, 0.29) is 5.56 Å². The Hall–Kier alpha value is -2.10. The summed E-state index contributed by atoms with van der Waals surface area (Å²) in [6.07, 6.45) is -2.54. The third-order valence-electron chi connectivity index (χ3n) is 3.04. The standard InChI is InChI=1S/C15H16F2N2/c1-10-4-2-3-5-11(10)9-19-14-7-6-12(18)8-13(14)15(16)17/h2-8,15,19H,9,18H2,1H3. The average Bonchev–Trinajstić information content (AvgIpc) is 2.38. The highest BCUT2D eigenvalue weighted by molar-refractivity contribution is 5.58. The number of hydrogen-bond donors (Lipinski definition) is 2. The molecule has 2 nitrogen and oxygen atoms in total. The fraction of sp³-hybridized carbons (Fsp3) is 0.200. The van der Waals surface area contributed by atoms with Crippen LogP contribution in [0, 0.1) is 6.92 Å². The molecular weight excluding hydrogens is 246 g/mol. The lowest BCUT2D eigenvalue weighted by Crippen LogP contribution is -2.04. The van der Waals surface area contributed by atoms with Crippen LogP contribution in [0.15, 0.2) is 42.5 Å². The Morgan fingerprint density at radius 3 is 2.58 bits per heavy atom. The number of anilines is 2. The number of halogens is 2. The van der Waals surface area contributed by atoms with Crippen molar-refractivity contribution in [1.82, 2.24) is 0 Å². The Bertz CT molecular complexity index is 568. The van der Waals surface area contributed by atoms with Crippen LogP contribution < -0.4 is 11.1 Å². The van der Waals surface area contributed by atoms with Gasteiger partial charge in [-0.3, -0.25) is 0 Å². The molecule has 0 aliphatic rings. The number of benzene rings is 2. The van der Waals surface area contributed by atoms with Crippen LogP contribution in [0.3, 0.4) is 0 Å². The molecule has 0 heterocycles. The van der Waals surface area contributed by atoms with Crippen molar-refractivity contribution < 1.29 is 8.78 Å². The predicted molar refractivity (Wildman–Crippen MR) is 74.3 cm³/mol. The van der Waals surface area contributed by atoms with Crippen molar-refractivity contribution in [1.29, 1.82) is 0 Å². The first-order valence-corrected chi connectivity index (χ1v) is 6.04. The molecule has 0 saturated carbocycles. The molecular formula is C15H16F2N2. The average molecular weight is 262 g/mol. The van der Waals surface area contributed by atoms with Crippen LogP contribution in [0.4, 0.5) is 20.2 Å². The first-order chi connectivity index (χ1) is 9.08. The molecule has 3 N–H and O–H groups in total. The summed E-state index contributed by atoms with van der Waals surface area (Å²) in [5.41, 5.74) is 8.45. The summed E-state index contributed by atoms with van der Waals surface area (Å²) < 4.78 is 25.8. The molecule has 0 unspecified atom stereocenters. The van der Waals surface area contributed by atoms with Crippen molar-refractivity contribution >= 4 is 11.4 Å². The van der Waals surface area contributed by atoms with Crippen LogP contribution >= 0.6 is 0 Å². The van der Waals surface area contributed by atoms with E-state index < -0.39 is 6.43 Å². The molecule has 0 aliphatic carbocycles. The van der Waals surface area contributed by atoms with E-state index >= 15 is 0 Å². The molecule has 2 rings (SSSR count). The summed E-state index contributed by atoms with van der Waals surface area (Å²) in [7, 11) is 0. The zero-order valence-corrected chi connectivity index (χ0v) is 10.7. The summed E-state index contributed by atoms with van der Waals surface area (Å²) >= 11 is 0. The fourth-order valence-electron chi connectivity index (χ4n) is 1.92. The summed E-state index contributed by atoms with van der Waals surface area (Å²) in [5, 5.41) is 3.04. The quantitative estimate of drug-likeness (QED) is 0.813.